The number of carbonyl (C=O) groups excluding carboxylic acids is 1. The van der Waals surface area contributed by atoms with E-state index in [9.17, 15) is 4.79 Å². The number of ether oxygens (including phenoxy) is 1. The van der Waals surface area contributed by atoms with Crippen LogP contribution in [0.3, 0.4) is 0 Å². The largest absolute Gasteiger partial charge is 0.381 e. The molecule has 2 unspecified atom stereocenters. The van der Waals surface area contributed by atoms with Gasteiger partial charge in [0.05, 0.1) is 11.1 Å². The third-order valence-electron chi connectivity index (χ3n) is 3.47. The molecule has 1 aromatic rings. The number of halogens is 1. The number of nitrogens with one attached hydrogen (secondary N) is 2. The predicted octanol–water partition coefficient (Wildman–Crippen LogP) is 2.46. The van der Waals surface area contributed by atoms with Gasteiger partial charge in [0.1, 0.15) is 11.5 Å². The number of methoxy groups -OCH3 is 1. The first-order valence-electron chi connectivity index (χ1n) is 6.88. The van der Waals surface area contributed by atoms with Gasteiger partial charge in [-0.1, -0.05) is 11.6 Å². The van der Waals surface area contributed by atoms with E-state index in [0.717, 1.165) is 25.8 Å². The van der Waals surface area contributed by atoms with Crippen molar-refractivity contribution in [2.45, 2.75) is 38.3 Å². The van der Waals surface area contributed by atoms with Crippen LogP contribution in [0.4, 0.5) is 5.82 Å². The number of hydrogen-bond acceptors (Lipinski definition) is 4. The minimum atomic E-state index is -0.225. The lowest BCUT2D eigenvalue weighted by Crippen LogP contribution is -2.34. The average molecular weight is 298 g/mol. The van der Waals surface area contributed by atoms with Crippen LogP contribution < -0.4 is 10.6 Å². The van der Waals surface area contributed by atoms with Crippen LogP contribution >= 0.6 is 11.6 Å². The molecule has 1 aliphatic carbocycles. The maximum atomic E-state index is 12.2. The third kappa shape index (κ3) is 3.61. The van der Waals surface area contributed by atoms with Crippen molar-refractivity contribution >= 4 is 23.3 Å². The van der Waals surface area contributed by atoms with Gasteiger partial charge in [-0.3, -0.25) is 4.79 Å². The van der Waals surface area contributed by atoms with Crippen LogP contribution in [-0.4, -0.2) is 36.7 Å². The molecule has 2 atom stereocenters. The van der Waals surface area contributed by atoms with Gasteiger partial charge in [0.25, 0.3) is 5.91 Å². The molecule has 2 rings (SSSR count). The molecule has 0 spiro atoms. The number of pyridine rings is 1. The number of carbonyl (C=O) groups is 1. The number of rotatable bonds is 5. The van der Waals surface area contributed by atoms with E-state index >= 15 is 0 Å². The Balaban J connectivity index is 2.03. The second kappa shape index (κ2) is 6.90. The summed E-state index contributed by atoms with van der Waals surface area (Å²) < 4.78 is 5.30. The van der Waals surface area contributed by atoms with Gasteiger partial charge < -0.3 is 15.4 Å². The van der Waals surface area contributed by atoms with Crippen molar-refractivity contribution < 1.29 is 9.53 Å². The molecule has 0 bridgehead atoms. The Morgan fingerprint density at radius 1 is 1.50 bits per heavy atom. The molecule has 1 aromatic heterocycles. The van der Waals surface area contributed by atoms with Crippen molar-refractivity contribution in [2.75, 3.05) is 19.0 Å². The summed E-state index contributed by atoms with van der Waals surface area (Å²) in [5, 5.41) is 6.41. The van der Waals surface area contributed by atoms with E-state index in [0.29, 0.717) is 10.8 Å². The van der Waals surface area contributed by atoms with Gasteiger partial charge in [0.15, 0.2) is 0 Å². The molecule has 5 nitrogen and oxygen atoms in total. The van der Waals surface area contributed by atoms with Crippen LogP contribution in [0.5, 0.6) is 0 Å². The molecule has 1 amide bonds. The normalized spacial score (nSPS) is 21.8. The van der Waals surface area contributed by atoms with Crippen LogP contribution in [0.1, 0.15) is 36.7 Å². The summed E-state index contributed by atoms with van der Waals surface area (Å²) in [6.45, 7) is 2.72. The zero-order chi connectivity index (χ0) is 14.5. The minimum absolute atomic E-state index is 0.133. The van der Waals surface area contributed by atoms with E-state index in [4.69, 9.17) is 16.3 Å². The highest BCUT2D eigenvalue weighted by Gasteiger charge is 2.26. The first-order chi connectivity index (χ1) is 9.63. The fourth-order valence-corrected chi connectivity index (χ4v) is 2.61. The van der Waals surface area contributed by atoms with Crippen LogP contribution in [0.25, 0.3) is 0 Å². The first kappa shape index (κ1) is 15.1. The monoisotopic (exact) mass is 297 g/mol. The Kier molecular flexibility index (Phi) is 5.20. The predicted molar refractivity (Wildman–Crippen MR) is 79.3 cm³/mol. The van der Waals surface area contributed by atoms with Crippen molar-refractivity contribution in [3.63, 3.8) is 0 Å². The average Bonchev–Trinajstić information content (AvgIpc) is 2.88. The van der Waals surface area contributed by atoms with Gasteiger partial charge in [0.2, 0.25) is 0 Å². The highest BCUT2D eigenvalue weighted by Crippen LogP contribution is 2.23. The maximum Gasteiger partial charge on any atom is 0.271 e. The number of hydrogen-bond donors (Lipinski definition) is 2. The van der Waals surface area contributed by atoms with Gasteiger partial charge in [-0.05, 0) is 38.3 Å². The van der Waals surface area contributed by atoms with E-state index in [-0.39, 0.29) is 23.7 Å². The number of anilines is 1. The van der Waals surface area contributed by atoms with Gasteiger partial charge in [-0.2, -0.15) is 0 Å². The summed E-state index contributed by atoms with van der Waals surface area (Å²) in [6, 6.07) is 3.58. The fraction of sp³-hybridized carbons (Fsp3) is 0.571. The smallest absolute Gasteiger partial charge is 0.271 e. The molecule has 0 aliphatic heterocycles. The summed E-state index contributed by atoms with van der Waals surface area (Å²) in [7, 11) is 1.70. The fourth-order valence-electron chi connectivity index (χ4n) is 2.42. The van der Waals surface area contributed by atoms with Gasteiger partial charge in [-0.25, -0.2) is 4.98 Å². The quantitative estimate of drug-likeness (QED) is 0.876. The molecule has 0 aromatic carbocycles. The Bertz CT molecular complexity index is 481. The molecule has 1 saturated carbocycles. The zero-order valence-electron chi connectivity index (χ0n) is 11.8. The zero-order valence-corrected chi connectivity index (χ0v) is 12.5. The third-order valence-corrected chi connectivity index (χ3v) is 3.78. The van der Waals surface area contributed by atoms with E-state index in [1.165, 1.54) is 0 Å². The Morgan fingerprint density at radius 3 is 2.95 bits per heavy atom. The lowest BCUT2D eigenvalue weighted by atomic mass is 10.2. The SMILES string of the molecule is CCNc1ccc(Cl)c(C(=O)NC2CCC(OC)C2)n1. The van der Waals surface area contributed by atoms with Crippen LogP contribution in [0.15, 0.2) is 12.1 Å². The Morgan fingerprint density at radius 2 is 2.30 bits per heavy atom. The lowest BCUT2D eigenvalue weighted by Gasteiger charge is -2.14. The molecule has 1 fully saturated rings. The molecule has 0 saturated heterocycles. The van der Waals surface area contributed by atoms with Crippen molar-refractivity contribution in [3.8, 4) is 0 Å². The van der Waals surface area contributed by atoms with Crippen LogP contribution in [0.2, 0.25) is 5.02 Å². The summed E-state index contributed by atoms with van der Waals surface area (Å²) in [5.41, 5.74) is 0.269. The van der Waals surface area contributed by atoms with Crippen LogP contribution in [-0.2, 0) is 4.74 Å². The van der Waals surface area contributed by atoms with E-state index in [1.54, 1.807) is 19.2 Å². The molecule has 110 valence electrons. The second-order valence-electron chi connectivity index (χ2n) is 4.90. The number of amides is 1. The van der Waals surface area contributed by atoms with Crippen molar-refractivity contribution in [1.82, 2.24) is 10.3 Å². The second-order valence-corrected chi connectivity index (χ2v) is 5.31. The first-order valence-corrected chi connectivity index (χ1v) is 7.26. The van der Waals surface area contributed by atoms with Crippen molar-refractivity contribution in [2.24, 2.45) is 0 Å². The van der Waals surface area contributed by atoms with E-state index in [2.05, 4.69) is 15.6 Å². The van der Waals surface area contributed by atoms with E-state index in [1.807, 2.05) is 6.92 Å². The lowest BCUT2D eigenvalue weighted by molar-refractivity contribution is 0.0910. The minimum Gasteiger partial charge on any atom is -0.381 e. The van der Waals surface area contributed by atoms with E-state index < -0.39 is 0 Å². The molecule has 20 heavy (non-hydrogen) atoms. The standard InChI is InChI=1S/C14H20ClN3O2/c1-3-16-12-7-6-11(15)13(18-12)14(19)17-9-4-5-10(8-9)20-2/h6-7,9-10H,3-5,8H2,1-2H3,(H,16,18)(H,17,19). The highest BCUT2D eigenvalue weighted by atomic mass is 35.5. The Hall–Kier alpha value is -1.33. The summed E-state index contributed by atoms with van der Waals surface area (Å²) in [5.74, 6) is 0.430. The van der Waals surface area contributed by atoms with Gasteiger partial charge in [0, 0.05) is 19.7 Å². The van der Waals surface area contributed by atoms with Crippen molar-refractivity contribution in [1.29, 1.82) is 0 Å². The molecule has 1 heterocycles. The molecular formula is C14H20ClN3O2. The van der Waals surface area contributed by atoms with Gasteiger partial charge in [-0.15, -0.1) is 0 Å². The molecule has 6 heteroatoms. The highest BCUT2D eigenvalue weighted by molar-refractivity contribution is 6.33. The van der Waals surface area contributed by atoms with Gasteiger partial charge >= 0.3 is 0 Å². The Labute approximate surface area is 124 Å². The summed E-state index contributed by atoms with van der Waals surface area (Å²) >= 11 is 6.06. The molecule has 2 N–H and O–H groups in total. The topological polar surface area (TPSA) is 63.2 Å². The molecule has 0 radical (unpaired) electrons. The maximum absolute atomic E-state index is 12.2. The van der Waals surface area contributed by atoms with Crippen molar-refractivity contribution in [3.05, 3.63) is 22.8 Å². The molecule has 1 aliphatic rings. The number of nitrogens with zero attached hydrogens (tertiary/aromatic N) is 1. The summed E-state index contributed by atoms with van der Waals surface area (Å²) in [4.78, 5) is 16.5. The van der Waals surface area contributed by atoms with Crippen LogP contribution in [0, 0.1) is 0 Å². The summed E-state index contributed by atoms with van der Waals surface area (Å²) in [6.07, 6.45) is 2.97. The number of aromatic nitrogens is 1. The molecular weight excluding hydrogens is 278 g/mol.